The molecule has 4 heteroatoms. The number of carbonyl (C=O) groups excluding carboxylic acids is 2. The van der Waals surface area contributed by atoms with Crippen LogP contribution in [0.25, 0.3) is 0 Å². The number of Topliss-reactive ketones (excluding diaryl/α,β-unsaturated/α-hetero) is 2. The molecule has 92 valence electrons. The van der Waals surface area contributed by atoms with Crippen LogP contribution in [0, 0.1) is 0 Å². The summed E-state index contributed by atoms with van der Waals surface area (Å²) in [7, 11) is 0. The quantitative estimate of drug-likeness (QED) is 0.756. The van der Waals surface area contributed by atoms with Crippen LogP contribution in [-0.4, -0.2) is 29.4 Å². The highest BCUT2D eigenvalue weighted by molar-refractivity contribution is 6.28. The largest absolute Gasteiger partial charge is 0.507 e. The monoisotopic (exact) mass is 244 g/mol. The van der Waals surface area contributed by atoms with Crippen LogP contribution in [0.15, 0.2) is 29.3 Å². The Morgan fingerprint density at radius 2 is 2.00 bits per heavy atom. The third-order valence-electron chi connectivity index (χ3n) is 3.43. The summed E-state index contributed by atoms with van der Waals surface area (Å²) in [6.45, 7) is 2.02. The normalized spacial score (nSPS) is 22.8. The topological polar surface area (TPSA) is 63.6 Å². The first-order valence-electron chi connectivity index (χ1n) is 5.84. The second-order valence-electron chi connectivity index (χ2n) is 4.64. The van der Waals surface area contributed by atoms with Gasteiger partial charge >= 0.3 is 0 Å². The Hall–Kier alpha value is -1.94. The number of hydrogen-bond donors (Lipinski definition) is 1. The van der Waals surface area contributed by atoms with E-state index in [0.717, 1.165) is 0 Å². The van der Waals surface area contributed by atoms with Gasteiger partial charge in [-0.3, -0.25) is 9.59 Å². The smallest absolute Gasteiger partial charge is 0.196 e. The van der Waals surface area contributed by atoms with E-state index in [1.165, 1.54) is 6.07 Å². The Kier molecular flexibility index (Phi) is 2.35. The van der Waals surface area contributed by atoms with Crippen molar-refractivity contribution in [3.05, 3.63) is 40.5 Å². The molecule has 2 aliphatic rings. The fourth-order valence-corrected chi connectivity index (χ4v) is 2.50. The minimum atomic E-state index is -0.287. The molecule has 1 heterocycles. The lowest BCUT2D eigenvalue weighted by atomic mass is 9.81. The van der Waals surface area contributed by atoms with Crippen LogP contribution >= 0.6 is 0 Å². The highest BCUT2D eigenvalue weighted by atomic mass is 16.5. The number of ether oxygens (including phenoxy) is 1. The first kappa shape index (κ1) is 11.2. The summed E-state index contributed by atoms with van der Waals surface area (Å²) < 4.78 is 5.41. The molecule has 0 saturated carbocycles. The average molecular weight is 244 g/mol. The van der Waals surface area contributed by atoms with Crippen LogP contribution in [0.1, 0.15) is 34.1 Å². The lowest BCUT2D eigenvalue weighted by Gasteiger charge is -2.28. The van der Waals surface area contributed by atoms with Crippen molar-refractivity contribution in [1.29, 1.82) is 0 Å². The average Bonchev–Trinajstić information content (AvgIpc) is 2.35. The molecular weight excluding hydrogens is 232 g/mol. The van der Waals surface area contributed by atoms with E-state index in [-0.39, 0.29) is 35.6 Å². The van der Waals surface area contributed by atoms with E-state index < -0.39 is 0 Å². The number of phenols is 1. The number of ketones is 2. The van der Waals surface area contributed by atoms with E-state index >= 15 is 0 Å². The zero-order valence-corrected chi connectivity index (χ0v) is 9.90. The maximum atomic E-state index is 12.3. The van der Waals surface area contributed by atoms with Crippen LogP contribution in [0.2, 0.25) is 0 Å². The Morgan fingerprint density at radius 1 is 1.22 bits per heavy atom. The molecule has 1 aliphatic heterocycles. The predicted molar refractivity (Wildman–Crippen MR) is 63.8 cm³/mol. The fourth-order valence-electron chi connectivity index (χ4n) is 2.50. The minimum absolute atomic E-state index is 0.0561. The summed E-state index contributed by atoms with van der Waals surface area (Å²) in [6.07, 6.45) is 0.397. The van der Waals surface area contributed by atoms with Crippen molar-refractivity contribution >= 4 is 11.6 Å². The Bertz CT molecular complexity index is 598. The molecular formula is C14H12O4. The van der Waals surface area contributed by atoms with E-state index in [0.29, 0.717) is 23.1 Å². The van der Waals surface area contributed by atoms with Gasteiger partial charge in [-0.25, -0.2) is 0 Å². The molecule has 0 bridgehead atoms. The molecule has 3 rings (SSSR count). The number of carbonyl (C=O) groups is 2. The maximum absolute atomic E-state index is 12.3. The SMILES string of the molecule is C[C@H]1CC2=C(CO1)C(=O)c1c(O)cccc1C2=O. The van der Waals surface area contributed by atoms with Crippen molar-refractivity contribution in [2.45, 2.75) is 19.4 Å². The molecule has 1 aromatic carbocycles. The van der Waals surface area contributed by atoms with Crippen molar-refractivity contribution in [1.82, 2.24) is 0 Å². The summed E-state index contributed by atoms with van der Waals surface area (Å²) in [6, 6.07) is 4.58. The van der Waals surface area contributed by atoms with Crippen molar-refractivity contribution in [2.75, 3.05) is 6.61 Å². The molecule has 0 fully saturated rings. The van der Waals surface area contributed by atoms with Crippen molar-refractivity contribution in [3.8, 4) is 5.75 Å². The van der Waals surface area contributed by atoms with Gasteiger partial charge < -0.3 is 9.84 Å². The van der Waals surface area contributed by atoms with Crippen LogP contribution in [-0.2, 0) is 4.74 Å². The minimum Gasteiger partial charge on any atom is -0.507 e. The molecule has 4 nitrogen and oxygen atoms in total. The fraction of sp³-hybridized carbons (Fsp3) is 0.286. The number of phenolic OH excluding ortho intramolecular Hbond substituents is 1. The van der Waals surface area contributed by atoms with Gasteiger partial charge in [0.15, 0.2) is 11.6 Å². The second-order valence-corrected chi connectivity index (χ2v) is 4.64. The van der Waals surface area contributed by atoms with Crippen molar-refractivity contribution < 1.29 is 19.4 Å². The van der Waals surface area contributed by atoms with Gasteiger partial charge in [-0.05, 0) is 13.0 Å². The zero-order chi connectivity index (χ0) is 12.9. The zero-order valence-electron chi connectivity index (χ0n) is 9.90. The molecule has 0 radical (unpaired) electrons. The number of aromatic hydroxyl groups is 1. The standard InChI is InChI=1S/C14H12O4/c1-7-5-9-10(6-18-7)14(17)12-8(13(9)16)3-2-4-11(12)15/h2-4,7,15H,5-6H2,1H3/t7-/m0/s1. The second kappa shape index (κ2) is 3.78. The van der Waals surface area contributed by atoms with E-state index in [1.807, 2.05) is 6.92 Å². The molecule has 1 N–H and O–H groups in total. The first-order chi connectivity index (χ1) is 8.59. The highest BCUT2D eigenvalue weighted by Gasteiger charge is 2.36. The van der Waals surface area contributed by atoms with Gasteiger partial charge in [-0.1, -0.05) is 12.1 Å². The molecule has 1 aromatic rings. The summed E-state index contributed by atoms with van der Waals surface area (Å²) in [4.78, 5) is 24.6. The molecule has 0 amide bonds. The summed E-state index contributed by atoms with van der Waals surface area (Å²) in [5, 5.41) is 9.75. The Morgan fingerprint density at radius 3 is 2.78 bits per heavy atom. The van der Waals surface area contributed by atoms with Gasteiger partial charge in [0.1, 0.15) is 5.75 Å². The third-order valence-corrected chi connectivity index (χ3v) is 3.43. The van der Waals surface area contributed by atoms with E-state index in [9.17, 15) is 14.7 Å². The van der Waals surface area contributed by atoms with Gasteiger partial charge in [0.25, 0.3) is 0 Å². The molecule has 0 unspecified atom stereocenters. The first-order valence-corrected chi connectivity index (χ1v) is 5.84. The molecule has 18 heavy (non-hydrogen) atoms. The summed E-state index contributed by atoms with van der Waals surface area (Å²) >= 11 is 0. The van der Waals surface area contributed by atoms with Gasteiger partial charge in [0.05, 0.1) is 18.3 Å². The van der Waals surface area contributed by atoms with E-state index in [1.54, 1.807) is 12.1 Å². The van der Waals surface area contributed by atoms with Crippen molar-refractivity contribution in [3.63, 3.8) is 0 Å². The molecule has 0 aromatic heterocycles. The predicted octanol–water partition coefficient (Wildman–Crippen LogP) is 1.88. The molecule has 1 atom stereocenters. The Labute approximate surface area is 104 Å². The van der Waals surface area contributed by atoms with E-state index in [2.05, 4.69) is 0 Å². The van der Waals surface area contributed by atoms with Crippen molar-refractivity contribution in [2.24, 2.45) is 0 Å². The number of rotatable bonds is 0. The third kappa shape index (κ3) is 1.42. The highest BCUT2D eigenvalue weighted by Crippen LogP contribution is 2.35. The number of hydrogen-bond acceptors (Lipinski definition) is 4. The van der Waals surface area contributed by atoms with Gasteiger partial charge in [0.2, 0.25) is 0 Å². The number of benzene rings is 1. The summed E-state index contributed by atoms with van der Waals surface area (Å²) in [5.41, 5.74) is 1.34. The lowest BCUT2D eigenvalue weighted by Crippen LogP contribution is -2.31. The van der Waals surface area contributed by atoms with Crippen LogP contribution in [0.5, 0.6) is 5.75 Å². The van der Waals surface area contributed by atoms with Crippen LogP contribution < -0.4 is 0 Å². The lowest BCUT2D eigenvalue weighted by molar-refractivity contribution is 0.0615. The van der Waals surface area contributed by atoms with Gasteiger partial charge in [0, 0.05) is 23.1 Å². The molecule has 0 saturated heterocycles. The van der Waals surface area contributed by atoms with Crippen LogP contribution in [0.3, 0.4) is 0 Å². The Balaban J connectivity index is 2.21. The number of fused-ring (bicyclic) bond motifs is 1. The van der Waals surface area contributed by atoms with Crippen LogP contribution in [0.4, 0.5) is 0 Å². The van der Waals surface area contributed by atoms with E-state index in [4.69, 9.17) is 4.74 Å². The van der Waals surface area contributed by atoms with Gasteiger partial charge in [-0.2, -0.15) is 0 Å². The summed E-state index contributed by atoms with van der Waals surface area (Å²) in [5.74, 6) is -0.591. The maximum Gasteiger partial charge on any atom is 0.196 e. The molecule has 1 aliphatic carbocycles. The molecule has 0 spiro atoms. The van der Waals surface area contributed by atoms with Gasteiger partial charge in [-0.15, -0.1) is 0 Å².